The summed E-state index contributed by atoms with van der Waals surface area (Å²) in [5, 5.41) is 24.9. The Morgan fingerprint density at radius 2 is 1.06 bits per heavy atom. The van der Waals surface area contributed by atoms with E-state index in [-0.39, 0.29) is 75.6 Å². The first-order valence-electron chi connectivity index (χ1n) is 28.3. The number of unbranched alkanes of at least 4 members (excludes halogenated alkanes) is 1. The van der Waals surface area contributed by atoms with E-state index < -0.39 is 91.0 Å². The molecule has 20 heteroatoms. The van der Waals surface area contributed by atoms with Gasteiger partial charge >= 0.3 is 5.97 Å². The third kappa shape index (κ3) is 16.4. The minimum absolute atomic E-state index is 0.00270. The number of carboxylic acid groups (broad SMARTS) is 1. The highest BCUT2D eigenvalue weighted by atomic mass is 31.2. The molecule has 0 spiro atoms. The lowest BCUT2D eigenvalue weighted by molar-refractivity contribution is -0.150. The Morgan fingerprint density at radius 1 is 0.582 bits per heavy atom. The standard InChI is InChI=1S/C59H83N10O9P/c1-39(2)37-46(55(74)68-34-19-29-49(68)57(76)67-33-18-28-48(67)54(73)66-47(38-40(3)4)56(75)69-35-20-30-50(69)58(77)78)65-52(71)41(5)63-53(72)45(27-17-32-62-59(60)61)64-51(70)31-15-16-36-79(42-21-9-6-10-22-42,43-23-11-7-12-24-43)44-25-13-8-14-26-44/h6-14,21-26,39-41,45-50H,15-20,27-38H2,1-5H3,(H8-,60,61,62,63,64,65,66,70,71,72,73,77,78)/p+1/t41-,45-,46-,47-,48-,49-,50-/m0/s1. The Morgan fingerprint density at radius 3 is 1.57 bits per heavy atom. The van der Waals surface area contributed by atoms with Crippen molar-refractivity contribution in [2.75, 3.05) is 32.3 Å². The first-order valence-corrected chi connectivity index (χ1v) is 30.2. The number of aliphatic imine (C=N–C) groups is 1. The lowest BCUT2D eigenvalue weighted by atomic mass is 10.0. The summed E-state index contributed by atoms with van der Waals surface area (Å²) < 4.78 is 0. The van der Waals surface area contributed by atoms with Crippen LogP contribution in [0.15, 0.2) is 96.0 Å². The molecule has 3 heterocycles. The zero-order chi connectivity index (χ0) is 57.2. The van der Waals surface area contributed by atoms with Gasteiger partial charge in [0.2, 0.25) is 41.4 Å². The topological polar surface area (TPSA) is 279 Å². The van der Waals surface area contributed by atoms with Crippen molar-refractivity contribution in [1.82, 2.24) is 36.0 Å². The number of guanidine groups is 1. The molecule has 7 atom stereocenters. The number of aliphatic carboxylic acids is 1. The molecule has 0 radical (unpaired) electrons. The second-order valence-electron chi connectivity index (χ2n) is 22.1. The van der Waals surface area contributed by atoms with Crippen LogP contribution < -0.4 is 48.6 Å². The van der Waals surface area contributed by atoms with Gasteiger partial charge in [-0.05, 0) is 132 Å². The van der Waals surface area contributed by atoms with Crippen molar-refractivity contribution >= 4 is 76.5 Å². The average Bonchev–Trinajstić information content (AvgIpc) is 4.35. The minimum atomic E-state index is -2.12. The summed E-state index contributed by atoms with van der Waals surface area (Å²) in [5.41, 5.74) is 11.1. The Bertz CT molecular complexity index is 2490. The fourth-order valence-electron chi connectivity index (χ4n) is 11.4. The monoisotopic (exact) mass is 1110 g/mol. The second-order valence-corrected chi connectivity index (χ2v) is 25.7. The summed E-state index contributed by atoms with van der Waals surface area (Å²) in [7, 11) is -2.12. The number of carbonyl (C=O) groups excluding carboxylic acids is 7. The number of hydrogen-bond donors (Lipinski definition) is 7. The number of nitrogens with zero attached hydrogens (tertiary/aromatic N) is 4. The highest BCUT2D eigenvalue weighted by Gasteiger charge is 2.47. The van der Waals surface area contributed by atoms with Crippen LogP contribution in [-0.2, 0) is 38.4 Å². The molecule has 3 aliphatic heterocycles. The van der Waals surface area contributed by atoms with Crippen LogP contribution in [0.2, 0.25) is 0 Å². The van der Waals surface area contributed by atoms with E-state index in [0.29, 0.717) is 51.4 Å². The molecule has 3 fully saturated rings. The Kier molecular flexibility index (Phi) is 22.8. The fraction of sp³-hybridized carbons (Fsp3) is 0.542. The maximum absolute atomic E-state index is 14.5. The molecule has 428 valence electrons. The van der Waals surface area contributed by atoms with Crippen molar-refractivity contribution in [1.29, 1.82) is 0 Å². The van der Waals surface area contributed by atoms with Gasteiger partial charge in [0, 0.05) is 32.6 Å². The average molecular weight is 1110 g/mol. The number of nitrogens with one attached hydrogen (secondary N) is 4. The molecule has 0 aromatic heterocycles. The molecule has 3 aliphatic rings. The fourth-order valence-corrected chi connectivity index (χ4v) is 15.8. The van der Waals surface area contributed by atoms with Crippen LogP contribution >= 0.6 is 7.26 Å². The maximum Gasteiger partial charge on any atom is 0.326 e. The van der Waals surface area contributed by atoms with Crippen molar-refractivity contribution in [2.24, 2.45) is 28.3 Å². The number of carboxylic acids is 1. The Hall–Kier alpha value is -6.88. The molecule has 0 saturated carbocycles. The van der Waals surface area contributed by atoms with E-state index in [9.17, 15) is 43.5 Å². The number of amides is 7. The van der Waals surface area contributed by atoms with Crippen molar-refractivity contribution < 1.29 is 43.5 Å². The first kappa shape index (κ1) is 61.3. The van der Waals surface area contributed by atoms with Crippen LogP contribution in [0.5, 0.6) is 0 Å². The zero-order valence-electron chi connectivity index (χ0n) is 46.7. The summed E-state index contributed by atoms with van der Waals surface area (Å²) in [6, 6.07) is 24.6. The molecular weight excluding hydrogens is 1020 g/mol. The molecule has 3 saturated heterocycles. The van der Waals surface area contributed by atoms with Gasteiger partial charge in [-0.2, -0.15) is 0 Å². The number of carbonyl (C=O) groups is 8. The highest BCUT2D eigenvalue weighted by Crippen LogP contribution is 2.56. The molecule has 6 rings (SSSR count). The largest absolute Gasteiger partial charge is 0.480 e. The molecule has 7 amide bonds. The van der Waals surface area contributed by atoms with E-state index in [1.807, 2.05) is 45.9 Å². The van der Waals surface area contributed by atoms with E-state index in [1.165, 1.54) is 37.5 Å². The number of likely N-dealkylation sites (tertiary alicyclic amines) is 3. The van der Waals surface area contributed by atoms with Crippen LogP contribution in [0.4, 0.5) is 0 Å². The lowest BCUT2D eigenvalue weighted by Gasteiger charge is -2.34. The summed E-state index contributed by atoms with van der Waals surface area (Å²) in [6.07, 6.45) is 5.92. The molecule has 19 nitrogen and oxygen atoms in total. The molecule has 0 unspecified atom stereocenters. The lowest BCUT2D eigenvalue weighted by Crippen LogP contribution is -2.59. The van der Waals surface area contributed by atoms with Gasteiger partial charge in [0.1, 0.15) is 65.5 Å². The van der Waals surface area contributed by atoms with Gasteiger partial charge < -0.3 is 52.5 Å². The maximum atomic E-state index is 14.5. The summed E-state index contributed by atoms with van der Waals surface area (Å²) in [5.74, 6) is -4.63. The molecule has 0 aliphatic carbocycles. The van der Waals surface area contributed by atoms with Crippen LogP contribution in [0.1, 0.15) is 118 Å². The van der Waals surface area contributed by atoms with Gasteiger partial charge in [-0.1, -0.05) is 82.3 Å². The predicted molar refractivity (Wildman–Crippen MR) is 308 cm³/mol. The molecule has 9 N–H and O–H groups in total. The Balaban J connectivity index is 1.08. The predicted octanol–water partition coefficient (Wildman–Crippen LogP) is 3.31. The number of benzene rings is 3. The van der Waals surface area contributed by atoms with Gasteiger partial charge in [-0.15, -0.1) is 0 Å². The third-order valence-corrected chi connectivity index (χ3v) is 19.7. The molecule has 79 heavy (non-hydrogen) atoms. The summed E-state index contributed by atoms with van der Waals surface area (Å²) in [4.78, 5) is 119. The van der Waals surface area contributed by atoms with Crippen molar-refractivity contribution in [3.05, 3.63) is 91.0 Å². The Labute approximate surface area is 466 Å². The third-order valence-electron chi connectivity index (χ3n) is 15.2. The van der Waals surface area contributed by atoms with Gasteiger partial charge in [0.25, 0.3) is 0 Å². The van der Waals surface area contributed by atoms with Crippen molar-refractivity contribution in [3.63, 3.8) is 0 Å². The zero-order valence-corrected chi connectivity index (χ0v) is 47.6. The smallest absolute Gasteiger partial charge is 0.326 e. The van der Waals surface area contributed by atoms with Gasteiger partial charge in [-0.3, -0.25) is 38.6 Å². The minimum Gasteiger partial charge on any atom is -0.480 e. The quantitative estimate of drug-likeness (QED) is 0.0252. The van der Waals surface area contributed by atoms with Gasteiger partial charge in [-0.25, -0.2) is 4.79 Å². The normalized spacial score (nSPS) is 18.8. The van der Waals surface area contributed by atoms with Crippen LogP contribution in [0.25, 0.3) is 0 Å². The molecular formula is C59H84N10O9P+. The van der Waals surface area contributed by atoms with Crippen molar-refractivity contribution in [2.45, 2.75) is 160 Å². The van der Waals surface area contributed by atoms with Gasteiger partial charge in [0.15, 0.2) is 5.96 Å². The summed E-state index contributed by atoms with van der Waals surface area (Å²) in [6.45, 7) is 10.1. The van der Waals surface area contributed by atoms with E-state index in [4.69, 9.17) is 11.5 Å². The summed E-state index contributed by atoms with van der Waals surface area (Å²) >= 11 is 0. The van der Waals surface area contributed by atoms with E-state index in [2.05, 4.69) is 99.1 Å². The van der Waals surface area contributed by atoms with E-state index in [0.717, 1.165) is 12.6 Å². The first-order chi connectivity index (χ1) is 37.8. The second kappa shape index (κ2) is 29.4. The van der Waals surface area contributed by atoms with E-state index >= 15 is 0 Å². The van der Waals surface area contributed by atoms with E-state index in [1.54, 1.807) is 0 Å². The molecule has 0 bridgehead atoms. The van der Waals surface area contributed by atoms with Crippen LogP contribution in [0.3, 0.4) is 0 Å². The van der Waals surface area contributed by atoms with Gasteiger partial charge in [0.05, 0.1) is 6.16 Å². The number of hydrogen-bond acceptors (Lipinski definition) is 9. The van der Waals surface area contributed by atoms with Crippen LogP contribution in [-0.4, -0.2) is 148 Å². The number of nitrogens with two attached hydrogens (primary N) is 2. The molecule has 3 aromatic rings. The highest BCUT2D eigenvalue weighted by molar-refractivity contribution is 7.95. The SMILES string of the molecule is CC(C)C[C@H](NC(=O)[C@@H]1CCCN1C(=O)[C@@H]1CCCN1C(=O)[C@H](CC(C)C)NC(=O)[C@H](C)NC(=O)[C@H](CCCN=C(N)N)NC(=O)CCCC[P+](c1ccccc1)(c1ccccc1)c1ccccc1)C(=O)N1CCC[C@H]1C(=O)O. The number of rotatable bonds is 27. The van der Waals surface area contributed by atoms with Crippen LogP contribution in [0, 0.1) is 11.8 Å². The van der Waals surface area contributed by atoms with Crippen molar-refractivity contribution in [3.8, 4) is 0 Å². The molecule has 3 aromatic carbocycles.